The highest BCUT2D eigenvalue weighted by Gasteiger charge is 2.15. The molecule has 1 atom stereocenters. The van der Waals surface area contributed by atoms with Gasteiger partial charge in [-0.2, -0.15) is 0 Å². The van der Waals surface area contributed by atoms with Crippen molar-refractivity contribution < 1.29 is 5.11 Å². The van der Waals surface area contributed by atoms with Gasteiger partial charge in [0, 0.05) is 30.5 Å². The van der Waals surface area contributed by atoms with E-state index in [0.717, 1.165) is 30.3 Å². The highest BCUT2D eigenvalue weighted by molar-refractivity contribution is 5.33. The number of nitrogens with zero attached hydrogens (tertiary/aromatic N) is 3. The standard InChI is InChI=1S/C12H19N3O/c1-9-11(10(2)16)8-13-12(14-9)15-6-4-3-5-7-15/h8,10,16H,3-7H2,1-2H3/t10-/m1/s1. The number of aryl methyl sites for hydroxylation is 1. The van der Waals surface area contributed by atoms with Gasteiger partial charge in [-0.1, -0.05) is 0 Å². The highest BCUT2D eigenvalue weighted by Crippen LogP contribution is 2.19. The summed E-state index contributed by atoms with van der Waals surface area (Å²) in [4.78, 5) is 11.0. The molecular weight excluding hydrogens is 202 g/mol. The van der Waals surface area contributed by atoms with Gasteiger partial charge in [0.2, 0.25) is 5.95 Å². The predicted molar refractivity (Wildman–Crippen MR) is 63.5 cm³/mol. The topological polar surface area (TPSA) is 49.2 Å². The molecule has 1 aliphatic heterocycles. The summed E-state index contributed by atoms with van der Waals surface area (Å²) in [7, 11) is 0. The number of aliphatic hydroxyl groups is 1. The van der Waals surface area contributed by atoms with Gasteiger partial charge >= 0.3 is 0 Å². The van der Waals surface area contributed by atoms with Crippen LogP contribution in [0.5, 0.6) is 0 Å². The van der Waals surface area contributed by atoms with E-state index >= 15 is 0 Å². The van der Waals surface area contributed by atoms with Crippen LogP contribution in [0.3, 0.4) is 0 Å². The number of aliphatic hydroxyl groups excluding tert-OH is 1. The van der Waals surface area contributed by atoms with Crippen molar-refractivity contribution in [2.24, 2.45) is 0 Å². The van der Waals surface area contributed by atoms with Crippen LogP contribution >= 0.6 is 0 Å². The second kappa shape index (κ2) is 4.78. The van der Waals surface area contributed by atoms with Crippen LogP contribution in [0, 0.1) is 6.92 Å². The molecule has 0 saturated carbocycles. The molecule has 1 aliphatic rings. The Morgan fingerprint density at radius 1 is 1.31 bits per heavy atom. The van der Waals surface area contributed by atoms with Gasteiger partial charge in [0.15, 0.2) is 0 Å². The Balaban J connectivity index is 2.19. The average Bonchev–Trinajstić information content (AvgIpc) is 2.29. The molecule has 0 bridgehead atoms. The van der Waals surface area contributed by atoms with Crippen LogP contribution < -0.4 is 4.90 Å². The van der Waals surface area contributed by atoms with Gasteiger partial charge in [-0.15, -0.1) is 0 Å². The molecule has 88 valence electrons. The summed E-state index contributed by atoms with van der Waals surface area (Å²) >= 11 is 0. The highest BCUT2D eigenvalue weighted by atomic mass is 16.3. The smallest absolute Gasteiger partial charge is 0.225 e. The van der Waals surface area contributed by atoms with Gasteiger partial charge < -0.3 is 10.0 Å². The number of anilines is 1. The molecule has 4 heteroatoms. The minimum atomic E-state index is -0.490. The molecule has 16 heavy (non-hydrogen) atoms. The Hall–Kier alpha value is -1.16. The van der Waals surface area contributed by atoms with Crippen molar-refractivity contribution in [3.8, 4) is 0 Å². The Morgan fingerprint density at radius 3 is 2.56 bits per heavy atom. The zero-order valence-corrected chi connectivity index (χ0v) is 9.98. The lowest BCUT2D eigenvalue weighted by Gasteiger charge is -2.27. The van der Waals surface area contributed by atoms with Crippen molar-refractivity contribution in [3.63, 3.8) is 0 Å². The first kappa shape index (κ1) is 11.3. The molecule has 0 radical (unpaired) electrons. The number of aromatic nitrogens is 2. The third kappa shape index (κ3) is 2.32. The summed E-state index contributed by atoms with van der Waals surface area (Å²) in [5.41, 5.74) is 1.70. The zero-order valence-electron chi connectivity index (χ0n) is 9.98. The van der Waals surface area contributed by atoms with Gasteiger partial charge in [0.25, 0.3) is 0 Å². The van der Waals surface area contributed by atoms with E-state index in [4.69, 9.17) is 0 Å². The van der Waals surface area contributed by atoms with Crippen LogP contribution in [0.15, 0.2) is 6.20 Å². The van der Waals surface area contributed by atoms with E-state index in [1.54, 1.807) is 13.1 Å². The summed E-state index contributed by atoms with van der Waals surface area (Å²) in [5, 5.41) is 9.51. The van der Waals surface area contributed by atoms with Crippen molar-refractivity contribution in [2.75, 3.05) is 18.0 Å². The molecule has 1 aromatic heterocycles. The van der Waals surface area contributed by atoms with Crippen LogP contribution in [0.2, 0.25) is 0 Å². The molecule has 0 unspecified atom stereocenters. The third-order valence-corrected chi connectivity index (χ3v) is 3.09. The van der Waals surface area contributed by atoms with Gasteiger partial charge in [-0.25, -0.2) is 9.97 Å². The van der Waals surface area contributed by atoms with Gasteiger partial charge in [0.05, 0.1) is 6.10 Å². The Kier molecular flexibility index (Phi) is 3.39. The second-order valence-corrected chi connectivity index (χ2v) is 4.43. The van der Waals surface area contributed by atoms with Crippen LogP contribution in [-0.4, -0.2) is 28.2 Å². The Morgan fingerprint density at radius 2 is 2.00 bits per heavy atom. The Bertz CT molecular complexity index is 359. The minimum Gasteiger partial charge on any atom is -0.389 e. The van der Waals surface area contributed by atoms with Crippen molar-refractivity contribution in [1.82, 2.24) is 9.97 Å². The fourth-order valence-electron chi connectivity index (χ4n) is 2.12. The first-order valence-electron chi connectivity index (χ1n) is 5.95. The van der Waals surface area contributed by atoms with E-state index in [0.29, 0.717) is 0 Å². The number of rotatable bonds is 2. The lowest BCUT2D eigenvalue weighted by atomic mass is 10.1. The maximum atomic E-state index is 9.51. The zero-order chi connectivity index (χ0) is 11.5. The Labute approximate surface area is 96.3 Å². The molecule has 0 spiro atoms. The summed E-state index contributed by atoms with van der Waals surface area (Å²) in [6.07, 6.45) is 5.01. The van der Waals surface area contributed by atoms with E-state index in [1.165, 1.54) is 19.3 Å². The number of hydrogen-bond donors (Lipinski definition) is 1. The molecular formula is C12H19N3O. The summed E-state index contributed by atoms with van der Waals surface area (Å²) in [5.74, 6) is 0.807. The second-order valence-electron chi connectivity index (χ2n) is 4.43. The summed E-state index contributed by atoms with van der Waals surface area (Å²) < 4.78 is 0. The molecule has 1 fully saturated rings. The number of piperidine rings is 1. The predicted octanol–water partition coefficient (Wildman–Crippen LogP) is 1.83. The molecule has 2 heterocycles. The molecule has 0 amide bonds. The summed E-state index contributed by atoms with van der Waals surface area (Å²) in [6, 6.07) is 0. The lowest BCUT2D eigenvalue weighted by molar-refractivity contribution is 0.197. The molecule has 1 aromatic rings. The monoisotopic (exact) mass is 221 g/mol. The fraction of sp³-hybridized carbons (Fsp3) is 0.667. The van der Waals surface area contributed by atoms with E-state index in [9.17, 15) is 5.11 Å². The minimum absolute atomic E-state index is 0.490. The molecule has 2 rings (SSSR count). The largest absolute Gasteiger partial charge is 0.389 e. The first-order valence-corrected chi connectivity index (χ1v) is 5.95. The normalized spacial score (nSPS) is 18.6. The van der Waals surface area contributed by atoms with Crippen LogP contribution in [0.1, 0.15) is 43.5 Å². The van der Waals surface area contributed by atoms with E-state index in [-0.39, 0.29) is 0 Å². The van der Waals surface area contributed by atoms with E-state index in [1.807, 2.05) is 6.92 Å². The lowest BCUT2D eigenvalue weighted by Crippen LogP contribution is -2.31. The van der Waals surface area contributed by atoms with Gasteiger partial charge in [0.1, 0.15) is 0 Å². The number of hydrogen-bond acceptors (Lipinski definition) is 4. The van der Waals surface area contributed by atoms with Crippen molar-refractivity contribution in [1.29, 1.82) is 0 Å². The van der Waals surface area contributed by atoms with Gasteiger partial charge in [-0.3, -0.25) is 0 Å². The van der Waals surface area contributed by atoms with Crippen molar-refractivity contribution in [3.05, 3.63) is 17.5 Å². The molecule has 4 nitrogen and oxygen atoms in total. The average molecular weight is 221 g/mol. The maximum Gasteiger partial charge on any atom is 0.225 e. The first-order chi connectivity index (χ1) is 7.68. The molecule has 1 saturated heterocycles. The quantitative estimate of drug-likeness (QED) is 0.827. The molecule has 0 aromatic carbocycles. The van der Waals surface area contributed by atoms with E-state index in [2.05, 4.69) is 14.9 Å². The third-order valence-electron chi connectivity index (χ3n) is 3.09. The van der Waals surface area contributed by atoms with Crippen LogP contribution in [0.25, 0.3) is 0 Å². The van der Waals surface area contributed by atoms with Gasteiger partial charge in [-0.05, 0) is 33.1 Å². The van der Waals surface area contributed by atoms with Crippen molar-refractivity contribution >= 4 is 5.95 Å². The SMILES string of the molecule is Cc1nc(N2CCCCC2)ncc1[C@@H](C)O. The van der Waals surface area contributed by atoms with Crippen molar-refractivity contribution in [2.45, 2.75) is 39.2 Å². The fourth-order valence-corrected chi connectivity index (χ4v) is 2.12. The summed E-state index contributed by atoms with van der Waals surface area (Å²) in [6.45, 7) is 5.77. The molecule has 1 N–H and O–H groups in total. The van der Waals surface area contributed by atoms with Crippen LogP contribution in [-0.2, 0) is 0 Å². The maximum absolute atomic E-state index is 9.51. The van der Waals surface area contributed by atoms with E-state index < -0.39 is 6.10 Å². The van der Waals surface area contributed by atoms with Crippen LogP contribution in [0.4, 0.5) is 5.95 Å². The molecule has 0 aliphatic carbocycles.